The Hall–Kier alpha value is -2.77. The highest BCUT2D eigenvalue weighted by molar-refractivity contribution is 5.86. The molecule has 142 valence electrons. The minimum Gasteiger partial charge on any atom is -0.409 e. The van der Waals surface area contributed by atoms with Gasteiger partial charge in [-0.25, -0.2) is 4.79 Å². The Balaban J connectivity index is 3.41. The Bertz CT molecular complexity index is 664. The number of nitro groups is 2. The van der Waals surface area contributed by atoms with E-state index >= 15 is 0 Å². The molecule has 1 rings (SSSR count). The lowest BCUT2D eigenvalue weighted by atomic mass is 9.90. The minimum atomic E-state index is -0.901. The molecule has 8 nitrogen and oxygen atoms in total. The standard InChI is InChI=1S/C18H24N2O6/c1-4-7-8-10-13(6-3)14-11-15(19(22)23)18(16(12-14)20(24)25)26-17(21)9-5-2/h5,9,11-13H,4,6-8,10H2,1-3H3. The van der Waals surface area contributed by atoms with Crippen LogP contribution in [0.3, 0.4) is 0 Å². The summed E-state index contributed by atoms with van der Waals surface area (Å²) in [6, 6.07) is 2.57. The molecule has 0 N–H and O–H groups in total. The summed E-state index contributed by atoms with van der Waals surface area (Å²) in [6.07, 6.45) is 6.92. The van der Waals surface area contributed by atoms with Crippen LogP contribution in [0.4, 0.5) is 11.4 Å². The number of ether oxygens (including phenoxy) is 1. The topological polar surface area (TPSA) is 113 Å². The summed E-state index contributed by atoms with van der Waals surface area (Å²) in [5, 5.41) is 22.9. The smallest absolute Gasteiger partial charge is 0.336 e. The second kappa shape index (κ2) is 10.3. The zero-order chi connectivity index (χ0) is 19.7. The van der Waals surface area contributed by atoms with Crippen LogP contribution >= 0.6 is 0 Å². The lowest BCUT2D eigenvalue weighted by molar-refractivity contribution is -0.395. The number of rotatable bonds is 10. The number of nitrogens with zero attached hydrogens (tertiary/aromatic N) is 2. The fraction of sp³-hybridized carbons (Fsp3) is 0.500. The van der Waals surface area contributed by atoms with E-state index in [4.69, 9.17) is 4.74 Å². The van der Waals surface area contributed by atoms with Gasteiger partial charge < -0.3 is 4.74 Å². The van der Waals surface area contributed by atoms with Crippen LogP contribution in [0, 0.1) is 20.2 Å². The van der Waals surface area contributed by atoms with Gasteiger partial charge in [0.1, 0.15) is 0 Å². The maximum absolute atomic E-state index is 11.7. The summed E-state index contributed by atoms with van der Waals surface area (Å²) in [6.45, 7) is 5.58. The number of esters is 1. The van der Waals surface area contributed by atoms with Crippen LogP contribution in [0.15, 0.2) is 24.3 Å². The number of carbonyl (C=O) groups is 1. The van der Waals surface area contributed by atoms with Crippen molar-refractivity contribution in [3.8, 4) is 5.75 Å². The predicted octanol–water partition coefficient (Wildman–Crippen LogP) is 5.06. The summed E-state index contributed by atoms with van der Waals surface area (Å²) in [5.41, 5.74) is -0.616. The fourth-order valence-corrected chi connectivity index (χ4v) is 2.75. The maximum atomic E-state index is 11.7. The highest BCUT2D eigenvalue weighted by Crippen LogP contribution is 2.41. The minimum absolute atomic E-state index is 0.0285. The van der Waals surface area contributed by atoms with Gasteiger partial charge in [-0.05, 0) is 31.2 Å². The quantitative estimate of drug-likeness (QED) is 0.143. The molecule has 0 spiro atoms. The lowest BCUT2D eigenvalue weighted by Gasteiger charge is -2.16. The van der Waals surface area contributed by atoms with Crippen LogP contribution in [-0.2, 0) is 4.79 Å². The van der Waals surface area contributed by atoms with Gasteiger partial charge in [0.15, 0.2) is 0 Å². The molecule has 0 heterocycles. The highest BCUT2D eigenvalue weighted by atomic mass is 16.6. The van der Waals surface area contributed by atoms with E-state index in [-0.39, 0.29) is 5.92 Å². The molecule has 1 aromatic carbocycles. The first-order chi connectivity index (χ1) is 12.3. The molecular formula is C18H24N2O6. The third-order valence-electron chi connectivity index (χ3n) is 4.09. The Morgan fingerprint density at radius 3 is 2.15 bits per heavy atom. The molecule has 1 aromatic rings. The van der Waals surface area contributed by atoms with E-state index in [0.29, 0.717) is 12.0 Å². The van der Waals surface area contributed by atoms with Crippen molar-refractivity contribution < 1.29 is 19.4 Å². The Morgan fingerprint density at radius 1 is 1.15 bits per heavy atom. The van der Waals surface area contributed by atoms with Crippen LogP contribution in [0.2, 0.25) is 0 Å². The molecule has 0 fully saturated rings. The third-order valence-corrected chi connectivity index (χ3v) is 4.09. The number of hydrogen-bond acceptors (Lipinski definition) is 6. The number of hydrogen-bond donors (Lipinski definition) is 0. The number of benzene rings is 1. The van der Waals surface area contributed by atoms with Gasteiger partial charge in [0.05, 0.1) is 9.85 Å². The van der Waals surface area contributed by atoms with Crippen molar-refractivity contribution in [3.05, 3.63) is 50.1 Å². The van der Waals surface area contributed by atoms with Crippen LogP contribution in [-0.4, -0.2) is 15.8 Å². The number of allylic oxidation sites excluding steroid dienone is 1. The van der Waals surface area contributed by atoms with Crippen LogP contribution in [0.5, 0.6) is 5.75 Å². The molecule has 0 aliphatic carbocycles. The second-order valence-corrected chi connectivity index (χ2v) is 5.92. The monoisotopic (exact) mass is 364 g/mol. The van der Waals surface area contributed by atoms with E-state index in [2.05, 4.69) is 6.92 Å². The SMILES string of the molecule is CC=CC(=O)Oc1c([N+](=O)[O-])cc(C(CC)CCCCC)cc1[N+](=O)[O-]. The van der Waals surface area contributed by atoms with Crippen molar-refractivity contribution in [3.63, 3.8) is 0 Å². The van der Waals surface area contributed by atoms with Gasteiger partial charge in [-0.3, -0.25) is 20.2 Å². The molecular weight excluding hydrogens is 340 g/mol. The third kappa shape index (κ3) is 5.65. The largest absolute Gasteiger partial charge is 0.409 e. The van der Waals surface area contributed by atoms with Crippen molar-refractivity contribution in [2.75, 3.05) is 0 Å². The first-order valence-corrected chi connectivity index (χ1v) is 8.66. The summed E-state index contributed by atoms with van der Waals surface area (Å²) < 4.78 is 4.90. The van der Waals surface area contributed by atoms with Crippen molar-refractivity contribution in [1.82, 2.24) is 0 Å². The number of unbranched alkanes of at least 4 members (excludes halogenated alkanes) is 2. The Labute approximate surface area is 152 Å². The molecule has 8 heteroatoms. The number of nitro benzene ring substituents is 2. The summed E-state index contributed by atoms with van der Waals surface area (Å²) in [7, 11) is 0. The molecule has 0 aromatic heterocycles. The van der Waals surface area contributed by atoms with E-state index in [1.54, 1.807) is 6.92 Å². The zero-order valence-electron chi connectivity index (χ0n) is 15.3. The molecule has 26 heavy (non-hydrogen) atoms. The van der Waals surface area contributed by atoms with Gasteiger partial charge in [-0.1, -0.05) is 39.2 Å². The van der Waals surface area contributed by atoms with Gasteiger partial charge in [0.2, 0.25) is 0 Å². The Kier molecular flexibility index (Phi) is 8.41. The summed E-state index contributed by atoms with van der Waals surface area (Å²) in [5.74, 6) is -1.56. The molecule has 1 unspecified atom stereocenters. The first-order valence-electron chi connectivity index (χ1n) is 8.66. The average Bonchev–Trinajstić information content (AvgIpc) is 2.58. The van der Waals surface area contributed by atoms with Gasteiger partial charge in [0.25, 0.3) is 5.75 Å². The first kappa shape index (κ1) is 21.3. The molecule has 0 aliphatic rings. The second-order valence-electron chi connectivity index (χ2n) is 5.92. The van der Waals surface area contributed by atoms with Gasteiger partial charge in [-0.2, -0.15) is 0 Å². The van der Waals surface area contributed by atoms with Crippen LogP contribution < -0.4 is 4.74 Å². The summed E-state index contributed by atoms with van der Waals surface area (Å²) >= 11 is 0. The van der Waals surface area contributed by atoms with Crippen LogP contribution in [0.25, 0.3) is 0 Å². The average molecular weight is 364 g/mol. The van der Waals surface area contributed by atoms with E-state index in [0.717, 1.165) is 31.8 Å². The molecule has 0 amide bonds. The molecule has 0 bridgehead atoms. The van der Waals surface area contributed by atoms with E-state index < -0.39 is 32.9 Å². The van der Waals surface area contributed by atoms with Gasteiger partial charge in [0, 0.05) is 18.2 Å². The van der Waals surface area contributed by atoms with E-state index in [1.165, 1.54) is 18.2 Å². The van der Waals surface area contributed by atoms with Crippen molar-refractivity contribution in [2.45, 2.75) is 58.8 Å². The van der Waals surface area contributed by atoms with E-state index in [1.807, 2.05) is 6.92 Å². The van der Waals surface area contributed by atoms with Gasteiger partial charge >= 0.3 is 17.3 Å². The van der Waals surface area contributed by atoms with Crippen molar-refractivity contribution in [2.24, 2.45) is 0 Å². The Morgan fingerprint density at radius 2 is 1.73 bits per heavy atom. The highest BCUT2D eigenvalue weighted by Gasteiger charge is 2.31. The molecule has 0 saturated heterocycles. The van der Waals surface area contributed by atoms with Crippen molar-refractivity contribution in [1.29, 1.82) is 0 Å². The normalized spacial score (nSPS) is 12.1. The fourth-order valence-electron chi connectivity index (χ4n) is 2.75. The maximum Gasteiger partial charge on any atom is 0.336 e. The number of carbonyl (C=O) groups excluding carboxylic acids is 1. The molecule has 0 radical (unpaired) electrons. The van der Waals surface area contributed by atoms with E-state index in [9.17, 15) is 25.0 Å². The molecule has 0 aliphatic heterocycles. The zero-order valence-corrected chi connectivity index (χ0v) is 15.3. The lowest BCUT2D eigenvalue weighted by Crippen LogP contribution is -2.09. The summed E-state index contributed by atoms with van der Waals surface area (Å²) in [4.78, 5) is 33.0. The van der Waals surface area contributed by atoms with Crippen molar-refractivity contribution >= 4 is 17.3 Å². The van der Waals surface area contributed by atoms with Gasteiger partial charge in [-0.15, -0.1) is 0 Å². The molecule has 1 atom stereocenters. The predicted molar refractivity (Wildman–Crippen MR) is 97.4 cm³/mol. The van der Waals surface area contributed by atoms with Crippen LogP contribution in [0.1, 0.15) is 64.4 Å². The molecule has 0 saturated carbocycles.